The van der Waals surface area contributed by atoms with Gasteiger partial charge in [-0.1, -0.05) is 15.9 Å². The predicted molar refractivity (Wildman–Crippen MR) is 62.7 cm³/mol. The number of nitrogens with one attached hydrogen (secondary N) is 1. The van der Waals surface area contributed by atoms with Gasteiger partial charge in [0.25, 0.3) is 5.91 Å². The first-order valence-electron chi connectivity index (χ1n) is 4.97. The molecule has 2 N–H and O–H groups in total. The van der Waals surface area contributed by atoms with Crippen molar-refractivity contribution >= 4 is 21.8 Å². The van der Waals surface area contributed by atoms with E-state index >= 15 is 0 Å². The molecule has 1 unspecified atom stereocenters. The molecule has 0 bridgehead atoms. The Morgan fingerprint density at radius 1 is 1.69 bits per heavy atom. The van der Waals surface area contributed by atoms with Crippen LogP contribution in [0.1, 0.15) is 15.9 Å². The summed E-state index contributed by atoms with van der Waals surface area (Å²) < 4.78 is 6.37. The van der Waals surface area contributed by atoms with Crippen LogP contribution in [0, 0.1) is 0 Å². The van der Waals surface area contributed by atoms with Gasteiger partial charge >= 0.3 is 0 Å². The minimum Gasteiger partial charge on any atom is -0.487 e. The smallest absolute Gasteiger partial charge is 0.254 e. The maximum atomic E-state index is 11.6. The van der Waals surface area contributed by atoms with Gasteiger partial charge in [-0.2, -0.15) is 0 Å². The van der Waals surface area contributed by atoms with E-state index in [9.17, 15) is 4.79 Å². The van der Waals surface area contributed by atoms with Gasteiger partial charge < -0.3 is 15.2 Å². The maximum absolute atomic E-state index is 11.6. The second kappa shape index (κ2) is 4.43. The van der Waals surface area contributed by atoms with Crippen LogP contribution in [0.4, 0.5) is 0 Å². The summed E-state index contributed by atoms with van der Waals surface area (Å²) >= 11 is 3.36. The van der Waals surface area contributed by atoms with Crippen LogP contribution < -0.4 is 10.1 Å². The molecule has 1 aliphatic heterocycles. The molecule has 0 saturated heterocycles. The lowest BCUT2D eigenvalue weighted by atomic mass is 10.1. The molecule has 0 aromatic heterocycles. The molecule has 1 aromatic rings. The number of hydrogen-bond donors (Lipinski definition) is 2. The van der Waals surface area contributed by atoms with Crippen LogP contribution in [0.2, 0.25) is 0 Å². The number of benzene rings is 1. The van der Waals surface area contributed by atoms with E-state index in [0.717, 1.165) is 10.0 Å². The lowest BCUT2D eigenvalue weighted by Crippen LogP contribution is -2.20. The quantitative estimate of drug-likeness (QED) is 0.856. The highest BCUT2D eigenvalue weighted by molar-refractivity contribution is 9.10. The van der Waals surface area contributed by atoms with Crippen molar-refractivity contribution in [1.82, 2.24) is 5.32 Å². The summed E-state index contributed by atoms with van der Waals surface area (Å²) in [7, 11) is 1.58. The summed E-state index contributed by atoms with van der Waals surface area (Å²) in [5, 5.41) is 11.6. The molecule has 86 valence electrons. The molecule has 0 aliphatic carbocycles. The molecule has 0 fully saturated rings. The van der Waals surface area contributed by atoms with E-state index in [1.54, 1.807) is 13.1 Å². The van der Waals surface area contributed by atoms with E-state index in [2.05, 4.69) is 21.2 Å². The number of carbonyl (C=O) groups excluding carboxylic acids is 1. The summed E-state index contributed by atoms with van der Waals surface area (Å²) in [4.78, 5) is 11.6. The van der Waals surface area contributed by atoms with Crippen LogP contribution in [0.5, 0.6) is 5.75 Å². The Hall–Kier alpha value is -1.07. The number of amides is 1. The molecule has 1 aromatic carbocycles. The number of halogens is 1. The van der Waals surface area contributed by atoms with Crippen LogP contribution in [0.15, 0.2) is 16.6 Å². The van der Waals surface area contributed by atoms with Gasteiger partial charge in [-0.3, -0.25) is 4.79 Å². The highest BCUT2D eigenvalue weighted by atomic mass is 79.9. The summed E-state index contributed by atoms with van der Waals surface area (Å²) in [6.45, 7) is -0.0422. The van der Waals surface area contributed by atoms with Crippen molar-refractivity contribution in [3.05, 3.63) is 27.7 Å². The normalized spacial score (nSPS) is 17.8. The third-order valence-corrected chi connectivity index (χ3v) is 3.00. The van der Waals surface area contributed by atoms with E-state index in [1.807, 2.05) is 6.07 Å². The van der Waals surface area contributed by atoms with Crippen molar-refractivity contribution in [2.75, 3.05) is 13.7 Å². The van der Waals surface area contributed by atoms with E-state index in [-0.39, 0.29) is 18.6 Å². The Balaban J connectivity index is 2.45. The zero-order valence-corrected chi connectivity index (χ0v) is 10.4. The first-order chi connectivity index (χ1) is 7.65. The highest BCUT2D eigenvalue weighted by Gasteiger charge is 2.27. The first kappa shape index (κ1) is 11.4. The minimum atomic E-state index is -0.243. The third-order valence-electron chi connectivity index (χ3n) is 2.54. The molecule has 0 saturated carbocycles. The van der Waals surface area contributed by atoms with Gasteiger partial charge in [0, 0.05) is 17.9 Å². The zero-order chi connectivity index (χ0) is 11.7. The molecule has 1 aliphatic rings. The van der Waals surface area contributed by atoms with Crippen molar-refractivity contribution in [3.8, 4) is 5.75 Å². The van der Waals surface area contributed by atoms with Crippen LogP contribution in [-0.2, 0) is 6.42 Å². The van der Waals surface area contributed by atoms with Crippen LogP contribution in [0.3, 0.4) is 0 Å². The second-order valence-electron chi connectivity index (χ2n) is 3.65. The lowest BCUT2D eigenvalue weighted by Gasteiger charge is -2.09. The fourth-order valence-corrected chi connectivity index (χ4v) is 2.30. The molecule has 0 spiro atoms. The van der Waals surface area contributed by atoms with Gasteiger partial charge in [0.15, 0.2) is 0 Å². The van der Waals surface area contributed by atoms with E-state index in [0.29, 0.717) is 17.7 Å². The highest BCUT2D eigenvalue weighted by Crippen LogP contribution is 2.35. The molecule has 5 heteroatoms. The Labute approximate surface area is 102 Å². The molecule has 1 atom stereocenters. The summed E-state index contributed by atoms with van der Waals surface area (Å²) in [6.07, 6.45) is 0.391. The molecule has 2 rings (SSSR count). The monoisotopic (exact) mass is 285 g/mol. The van der Waals surface area contributed by atoms with Crippen molar-refractivity contribution in [2.24, 2.45) is 0 Å². The Bertz CT molecular complexity index is 433. The summed E-state index contributed by atoms with van der Waals surface area (Å²) in [5.74, 6) is 0.401. The van der Waals surface area contributed by atoms with Gasteiger partial charge in [-0.15, -0.1) is 0 Å². The van der Waals surface area contributed by atoms with Crippen LogP contribution in [-0.4, -0.2) is 30.8 Å². The van der Waals surface area contributed by atoms with Crippen molar-refractivity contribution in [2.45, 2.75) is 12.5 Å². The van der Waals surface area contributed by atoms with Gasteiger partial charge in [0.05, 0.1) is 12.2 Å². The average molecular weight is 286 g/mol. The summed E-state index contributed by atoms with van der Waals surface area (Å²) in [6, 6.07) is 3.63. The second-order valence-corrected chi connectivity index (χ2v) is 4.56. The van der Waals surface area contributed by atoms with Crippen molar-refractivity contribution in [3.63, 3.8) is 0 Å². The Kier molecular flexibility index (Phi) is 3.16. The van der Waals surface area contributed by atoms with Crippen LogP contribution >= 0.6 is 15.9 Å². The van der Waals surface area contributed by atoms with E-state index in [1.165, 1.54) is 0 Å². The van der Waals surface area contributed by atoms with Gasteiger partial charge in [-0.25, -0.2) is 0 Å². The van der Waals surface area contributed by atoms with Gasteiger partial charge in [-0.05, 0) is 17.7 Å². The van der Waals surface area contributed by atoms with Crippen molar-refractivity contribution < 1.29 is 14.6 Å². The number of hydrogen-bond acceptors (Lipinski definition) is 3. The molecule has 1 amide bonds. The number of ether oxygens (including phenoxy) is 1. The van der Waals surface area contributed by atoms with Crippen molar-refractivity contribution in [1.29, 1.82) is 0 Å². The summed E-state index contributed by atoms with van der Waals surface area (Å²) in [5.41, 5.74) is 1.45. The SMILES string of the molecule is CNC(=O)c1cc(Br)cc2c1OC(CO)C2. The number of rotatable bonds is 2. The molecular weight excluding hydrogens is 274 g/mol. The number of aliphatic hydroxyl groups is 1. The van der Waals surface area contributed by atoms with E-state index < -0.39 is 0 Å². The Morgan fingerprint density at radius 3 is 3.06 bits per heavy atom. The first-order valence-corrected chi connectivity index (χ1v) is 5.77. The molecule has 1 heterocycles. The Morgan fingerprint density at radius 2 is 2.44 bits per heavy atom. The molecule has 16 heavy (non-hydrogen) atoms. The topological polar surface area (TPSA) is 58.6 Å². The minimum absolute atomic E-state index is 0.0422. The molecular formula is C11H12BrNO3. The van der Waals surface area contributed by atoms with E-state index in [4.69, 9.17) is 9.84 Å². The lowest BCUT2D eigenvalue weighted by molar-refractivity contribution is 0.0951. The number of carbonyl (C=O) groups is 1. The number of fused-ring (bicyclic) bond motifs is 1. The third kappa shape index (κ3) is 1.92. The standard InChI is InChI=1S/C11H12BrNO3/c1-13-11(15)9-4-7(12)2-6-3-8(5-14)16-10(6)9/h2,4,8,14H,3,5H2,1H3,(H,13,15). The molecule has 4 nitrogen and oxygen atoms in total. The zero-order valence-electron chi connectivity index (χ0n) is 8.79. The van der Waals surface area contributed by atoms with Crippen LogP contribution in [0.25, 0.3) is 0 Å². The van der Waals surface area contributed by atoms with Gasteiger partial charge in [0.1, 0.15) is 11.9 Å². The largest absolute Gasteiger partial charge is 0.487 e. The maximum Gasteiger partial charge on any atom is 0.254 e. The predicted octanol–water partition coefficient (Wildman–Crippen LogP) is 1.10. The number of aliphatic hydroxyl groups excluding tert-OH is 1. The average Bonchev–Trinajstić information content (AvgIpc) is 2.69. The molecule has 0 radical (unpaired) electrons. The fourth-order valence-electron chi connectivity index (χ4n) is 1.80. The van der Waals surface area contributed by atoms with Gasteiger partial charge in [0.2, 0.25) is 0 Å². The fraction of sp³-hybridized carbons (Fsp3) is 0.364.